The van der Waals surface area contributed by atoms with Crippen molar-refractivity contribution >= 4 is 11.9 Å². The minimum Gasteiger partial charge on any atom is -0.462 e. The maximum absolute atomic E-state index is 13.0. The van der Waals surface area contributed by atoms with Crippen molar-refractivity contribution in [3.8, 4) is 0 Å². The highest BCUT2D eigenvalue weighted by Gasteiger charge is 2.41. The predicted molar refractivity (Wildman–Crippen MR) is 90.9 cm³/mol. The number of nitrogens with zero attached hydrogens (tertiary/aromatic N) is 1. The fraction of sp³-hybridized carbons (Fsp3) is 0.368. The summed E-state index contributed by atoms with van der Waals surface area (Å²) in [6.45, 7) is 3.71. The molecule has 0 aliphatic carbocycles. The van der Waals surface area contributed by atoms with Crippen LogP contribution >= 0.6 is 0 Å². The van der Waals surface area contributed by atoms with Crippen LogP contribution in [0.4, 0.5) is 0 Å². The Labute approximate surface area is 151 Å². The molecule has 2 aliphatic heterocycles. The fourth-order valence-electron chi connectivity index (χ4n) is 2.71. The fourth-order valence-corrected chi connectivity index (χ4v) is 2.71. The van der Waals surface area contributed by atoms with Crippen LogP contribution in [0.2, 0.25) is 0 Å². The average molecular weight is 359 g/mol. The van der Waals surface area contributed by atoms with E-state index in [1.165, 1.54) is 11.2 Å². The Morgan fingerprint density at radius 3 is 2.50 bits per heavy atom. The van der Waals surface area contributed by atoms with Crippen LogP contribution in [0.25, 0.3) is 0 Å². The Balaban J connectivity index is 1.87. The SMILES string of the molecule is CN(Cc1ccccc1)C(=O)C(CC1=COCO1)=C1OC(C)(C)OC1=O. The summed E-state index contributed by atoms with van der Waals surface area (Å²) in [6.07, 6.45) is 1.51. The normalized spacial score (nSPS) is 19.7. The zero-order chi connectivity index (χ0) is 18.7. The Morgan fingerprint density at radius 1 is 1.19 bits per heavy atom. The van der Waals surface area contributed by atoms with Gasteiger partial charge in [-0.3, -0.25) is 4.79 Å². The van der Waals surface area contributed by atoms with Crippen LogP contribution in [0.3, 0.4) is 0 Å². The lowest BCUT2D eigenvalue weighted by molar-refractivity contribution is -0.159. The van der Waals surface area contributed by atoms with E-state index < -0.39 is 11.8 Å². The van der Waals surface area contributed by atoms with Crippen molar-refractivity contribution in [3.05, 3.63) is 59.2 Å². The van der Waals surface area contributed by atoms with Crippen molar-refractivity contribution in [2.24, 2.45) is 0 Å². The molecule has 0 unspecified atom stereocenters. The van der Waals surface area contributed by atoms with Crippen molar-refractivity contribution in [2.45, 2.75) is 32.6 Å². The summed E-state index contributed by atoms with van der Waals surface area (Å²) >= 11 is 0. The third-order valence-electron chi connectivity index (χ3n) is 3.89. The molecule has 0 spiro atoms. The molecule has 0 bridgehead atoms. The third kappa shape index (κ3) is 3.99. The number of ether oxygens (including phenoxy) is 4. The summed E-state index contributed by atoms with van der Waals surface area (Å²) in [6, 6.07) is 9.57. The Bertz CT molecular complexity index is 765. The zero-order valence-corrected chi connectivity index (χ0v) is 15.0. The third-order valence-corrected chi connectivity index (χ3v) is 3.89. The van der Waals surface area contributed by atoms with Gasteiger partial charge in [-0.25, -0.2) is 4.79 Å². The van der Waals surface area contributed by atoms with Crippen LogP contribution < -0.4 is 0 Å². The molecule has 1 aromatic rings. The summed E-state index contributed by atoms with van der Waals surface area (Å²) in [7, 11) is 1.67. The molecule has 0 radical (unpaired) electrons. The van der Waals surface area contributed by atoms with Gasteiger partial charge in [-0.2, -0.15) is 0 Å². The van der Waals surface area contributed by atoms with Crippen LogP contribution in [0, 0.1) is 0 Å². The lowest BCUT2D eigenvalue weighted by Gasteiger charge is -2.20. The lowest BCUT2D eigenvalue weighted by atomic mass is 10.1. The molecule has 3 rings (SSSR count). The van der Waals surface area contributed by atoms with Gasteiger partial charge in [0.25, 0.3) is 5.91 Å². The number of allylic oxidation sites excluding steroid dienone is 1. The van der Waals surface area contributed by atoms with Crippen molar-refractivity contribution in [1.29, 1.82) is 0 Å². The average Bonchev–Trinajstić information content (AvgIpc) is 3.19. The number of hydrogen-bond donors (Lipinski definition) is 0. The molecule has 0 aromatic heterocycles. The maximum atomic E-state index is 13.0. The van der Waals surface area contributed by atoms with Gasteiger partial charge in [0.2, 0.25) is 18.3 Å². The molecule has 7 heteroatoms. The standard InChI is InChI=1S/C19H21NO6/c1-19(2)25-16(18(22)26-19)15(9-14-11-23-12-24-14)17(21)20(3)10-13-7-5-4-6-8-13/h4-8,11H,9-10,12H2,1-3H3. The van der Waals surface area contributed by atoms with E-state index in [4.69, 9.17) is 18.9 Å². The van der Waals surface area contributed by atoms with Crippen LogP contribution in [0.5, 0.6) is 0 Å². The Hall–Kier alpha value is -2.96. The summed E-state index contributed by atoms with van der Waals surface area (Å²) in [5.41, 5.74) is 1.15. The Kier molecular flexibility index (Phi) is 4.88. The second-order valence-corrected chi connectivity index (χ2v) is 6.54. The number of cyclic esters (lactones) is 1. The topological polar surface area (TPSA) is 74.3 Å². The van der Waals surface area contributed by atoms with E-state index in [1.807, 2.05) is 30.3 Å². The first kappa shape index (κ1) is 17.8. The molecule has 138 valence electrons. The number of likely N-dealkylation sites (N-methyl/N-ethyl adjacent to an activating group) is 1. The summed E-state index contributed by atoms with van der Waals surface area (Å²) in [5, 5.41) is 0. The number of hydrogen-bond acceptors (Lipinski definition) is 6. The van der Waals surface area contributed by atoms with E-state index in [9.17, 15) is 9.59 Å². The van der Waals surface area contributed by atoms with Gasteiger partial charge in [0.1, 0.15) is 12.0 Å². The summed E-state index contributed by atoms with van der Waals surface area (Å²) in [5.74, 6) is -1.75. The minimum absolute atomic E-state index is 0.0818. The summed E-state index contributed by atoms with van der Waals surface area (Å²) in [4.78, 5) is 26.8. The first-order chi connectivity index (χ1) is 12.4. The molecule has 0 saturated carbocycles. The largest absolute Gasteiger partial charge is 0.462 e. The predicted octanol–water partition coefficient (Wildman–Crippen LogP) is 2.44. The molecule has 1 aromatic carbocycles. The highest BCUT2D eigenvalue weighted by molar-refractivity contribution is 6.02. The molecule has 7 nitrogen and oxygen atoms in total. The van der Waals surface area contributed by atoms with E-state index >= 15 is 0 Å². The quantitative estimate of drug-likeness (QED) is 0.594. The van der Waals surface area contributed by atoms with Gasteiger partial charge in [0.15, 0.2) is 0 Å². The van der Waals surface area contributed by atoms with Gasteiger partial charge in [0.05, 0.1) is 5.57 Å². The molecule has 1 fully saturated rings. The van der Waals surface area contributed by atoms with Gasteiger partial charge in [0, 0.05) is 33.9 Å². The van der Waals surface area contributed by atoms with E-state index in [1.54, 1.807) is 20.9 Å². The van der Waals surface area contributed by atoms with Gasteiger partial charge in [-0.15, -0.1) is 0 Å². The molecule has 26 heavy (non-hydrogen) atoms. The van der Waals surface area contributed by atoms with E-state index in [2.05, 4.69) is 0 Å². The van der Waals surface area contributed by atoms with Crippen LogP contribution in [0.15, 0.2) is 53.7 Å². The Morgan fingerprint density at radius 2 is 1.92 bits per heavy atom. The molecule has 2 heterocycles. The van der Waals surface area contributed by atoms with Crippen LogP contribution in [-0.4, -0.2) is 36.4 Å². The van der Waals surface area contributed by atoms with Crippen molar-refractivity contribution < 1.29 is 28.5 Å². The van der Waals surface area contributed by atoms with Gasteiger partial charge < -0.3 is 23.8 Å². The van der Waals surface area contributed by atoms with Gasteiger partial charge in [-0.05, 0) is 5.56 Å². The zero-order valence-electron chi connectivity index (χ0n) is 15.0. The smallest absolute Gasteiger partial charge is 0.377 e. The minimum atomic E-state index is -1.11. The first-order valence-electron chi connectivity index (χ1n) is 8.24. The second-order valence-electron chi connectivity index (χ2n) is 6.54. The molecular weight excluding hydrogens is 338 g/mol. The molecule has 1 saturated heterocycles. The van der Waals surface area contributed by atoms with E-state index in [-0.39, 0.29) is 30.5 Å². The first-order valence-corrected chi connectivity index (χ1v) is 8.24. The highest BCUT2D eigenvalue weighted by atomic mass is 16.8. The molecular formula is C19H21NO6. The van der Waals surface area contributed by atoms with Gasteiger partial charge in [-0.1, -0.05) is 30.3 Å². The number of esters is 1. The second kappa shape index (κ2) is 7.11. The molecule has 1 amide bonds. The molecule has 0 atom stereocenters. The number of benzene rings is 1. The number of carbonyl (C=O) groups is 2. The number of rotatable bonds is 5. The van der Waals surface area contributed by atoms with Crippen molar-refractivity contribution in [1.82, 2.24) is 4.90 Å². The molecule has 2 aliphatic rings. The molecule has 0 N–H and O–H groups in total. The highest BCUT2D eigenvalue weighted by Crippen LogP contribution is 2.32. The maximum Gasteiger partial charge on any atom is 0.377 e. The lowest BCUT2D eigenvalue weighted by Crippen LogP contribution is -2.29. The summed E-state index contributed by atoms with van der Waals surface area (Å²) < 4.78 is 21.1. The van der Waals surface area contributed by atoms with Gasteiger partial charge >= 0.3 is 5.97 Å². The van der Waals surface area contributed by atoms with Crippen molar-refractivity contribution in [2.75, 3.05) is 13.8 Å². The van der Waals surface area contributed by atoms with Crippen molar-refractivity contribution in [3.63, 3.8) is 0 Å². The number of amides is 1. The number of carbonyl (C=O) groups excluding carboxylic acids is 2. The monoisotopic (exact) mass is 359 g/mol. The van der Waals surface area contributed by atoms with E-state index in [0.29, 0.717) is 12.3 Å². The van der Waals surface area contributed by atoms with E-state index in [0.717, 1.165) is 5.56 Å². The van der Waals surface area contributed by atoms with Crippen LogP contribution in [0.1, 0.15) is 25.8 Å². The van der Waals surface area contributed by atoms with Crippen LogP contribution in [-0.2, 0) is 35.1 Å².